The summed E-state index contributed by atoms with van der Waals surface area (Å²) < 4.78 is 16.9. The van der Waals surface area contributed by atoms with E-state index in [4.69, 9.17) is 14.2 Å². The molecule has 0 saturated heterocycles. The van der Waals surface area contributed by atoms with Crippen LogP contribution in [-0.2, 0) is 14.3 Å². The molecule has 6 nitrogen and oxygen atoms in total. The van der Waals surface area contributed by atoms with Gasteiger partial charge in [-0.2, -0.15) is 0 Å². The van der Waals surface area contributed by atoms with Crippen LogP contribution in [-0.4, -0.2) is 38.3 Å². The Hall–Kier alpha value is -3.19. The Balaban J connectivity index is 1.52. The number of thioether (sulfide) groups is 1. The van der Waals surface area contributed by atoms with Gasteiger partial charge in [0, 0.05) is 34.2 Å². The molecule has 0 aromatic heterocycles. The molecule has 2 aliphatic carbocycles. The van der Waals surface area contributed by atoms with E-state index in [-0.39, 0.29) is 23.8 Å². The van der Waals surface area contributed by atoms with Crippen LogP contribution in [0.3, 0.4) is 0 Å². The molecule has 5 rings (SSSR count). The highest BCUT2D eigenvalue weighted by Gasteiger charge is 2.42. The van der Waals surface area contributed by atoms with Crippen molar-refractivity contribution < 1.29 is 23.8 Å². The molecule has 1 N–H and O–H groups in total. The predicted octanol–water partition coefficient (Wildman–Crippen LogP) is 6.27. The van der Waals surface area contributed by atoms with Crippen molar-refractivity contribution in [1.82, 2.24) is 5.32 Å². The average molecular weight is 534 g/mol. The van der Waals surface area contributed by atoms with E-state index in [1.807, 2.05) is 43.5 Å². The zero-order chi connectivity index (χ0) is 26.8. The Labute approximate surface area is 228 Å². The third-order valence-electron chi connectivity index (χ3n) is 7.95. The smallest absolute Gasteiger partial charge is 0.337 e. The number of ketones is 1. The van der Waals surface area contributed by atoms with E-state index in [9.17, 15) is 9.59 Å². The van der Waals surface area contributed by atoms with Crippen molar-refractivity contribution in [3.63, 3.8) is 0 Å². The second-order valence-electron chi connectivity index (χ2n) is 10.2. The molecule has 0 spiro atoms. The number of Topliss-reactive ketones (excluding diaryl/α,β-unsaturated/α-hetero) is 1. The lowest BCUT2D eigenvalue weighted by Crippen LogP contribution is -2.36. The van der Waals surface area contributed by atoms with Crippen LogP contribution in [0.15, 0.2) is 69.9 Å². The molecule has 1 saturated carbocycles. The number of dihydropyridines is 1. The van der Waals surface area contributed by atoms with Gasteiger partial charge in [-0.25, -0.2) is 4.79 Å². The molecule has 7 heteroatoms. The summed E-state index contributed by atoms with van der Waals surface area (Å²) in [6.45, 7) is 1.92. The topological polar surface area (TPSA) is 73.9 Å². The lowest BCUT2D eigenvalue weighted by atomic mass is 9.71. The highest BCUT2D eigenvalue weighted by molar-refractivity contribution is 7.98. The quantitative estimate of drug-likeness (QED) is 0.332. The van der Waals surface area contributed by atoms with Gasteiger partial charge in [0.2, 0.25) is 0 Å². The monoisotopic (exact) mass is 533 g/mol. The molecule has 2 aromatic carbocycles. The van der Waals surface area contributed by atoms with Crippen molar-refractivity contribution >= 4 is 23.5 Å². The van der Waals surface area contributed by atoms with Crippen molar-refractivity contribution in [1.29, 1.82) is 0 Å². The van der Waals surface area contributed by atoms with Crippen molar-refractivity contribution in [3.05, 3.63) is 76.1 Å². The van der Waals surface area contributed by atoms with Crippen LogP contribution < -0.4 is 14.8 Å². The van der Waals surface area contributed by atoms with Gasteiger partial charge in [-0.05, 0) is 86.6 Å². The van der Waals surface area contributed by atoms with Crippen LogP contribution in [0.25, 0.3) is 0 Å². The van der Waals surface area contributed by atoms with Crippen LogP contribution in [0, 0.1) is 0 Å². The summed E-state index contributed by atoms with van der Waals surface area (Å²) in [5, 5.41) is 3.46. The number of ether oxygens (including phenoxy) is 3. The molecule has 200 valence electrons. The number of allylic oxidation sites excluding steroid dienone is 3. The normalized spacial score (nSPS) is 21.7. The maximum atomic E-state index is 13.9. The van der Waals surface area contributed by atoms with Crippen molar-refractivity contribution in [2.75, 3.05) is 20.5 Å². The first-order chi connectivity index (χ1) is 18.4. The maximum Gasteiger partial charge on any atom is 0.337 e. The number of carbonyl (C=O) groups excluding carboxylic acids is 2. The molecule has 3 aliphatic rings. The minimum Gasteiger partial charge on any atom is -0.493 e. The predicted molar refractivity (Wildman–Crippen MR) is 149 cm³/mol. The minimum atomic E-state index is -0.449. The Bertz CT molecular complexity index is 1290. The van der Waals surface area contributed by atoms with Gasteiger partial charge >= 0.3 is 5.97 Å². The van der Waals surface area contributed by atoms with Crippen LogP contribution in [0.2, 0.25) is 0 Å². The molecule has 1 heterocycles. The number of carbonyl (C=O) groups is 2. The fraction of sp³-hybridized carbons (Fsp3) is 0.419. The largest absolute Gasteiger partial charge is 0.493 e. The molecular weight excluding hydrogens is 498 g/mol. The van der Waals surface area contributed by atoms with Gasteiger partial charge in [0.1, 0.15) is 6.10 Å². The second-order valence-corrected chi connectivity index (χ2v) is 11.1. The highest BCUT2D eigenvalue weighted by atomic mass is 32.2. The molecule has 0 bridgehead atoms. The van der Waals surface area contributed by atoms with E-state index >= 15 is 0 Å². The molecule has 0 radical (unpaired) electrons. The lowest BCUT2D eigenvalue weighted by molar-refractivity contribution is -0.144. The van der Waals surface area contributed by atoms with Crippen LogP contribution in [0.1, 0.15) is 68.4 Å². The zero-order valence-electron chi connectivity index (χ0n) is 22.5. The summed E-state index contributed by atoms with van der Waals surface area (Å²) in [6, 6.07) is 14.0. The molecule has 1 aliphatic heterocycles. The summed E-state index contributed by atoms with van der Waals surface area (Å²) in [6.07, 6.45) is 6.98. The molecule has 0 unspecified atom stereocenters. The summed E-state index contributed by atoms with van der Waals surface area (Å²) in [5.74, 6) is 0.585. The number of benzene rings is 2. The summed E-state index contributed by atoms with van der Waals surface area (Å²) in [4.78, 5) is 28.6. The zero-order valence-corrected chi connectivity index (χ0v) is 23.3. The summed E-state index contributed by atoms with van der Waals surface area (Å²) >= 11 is 1.67. The second kappa shape index (κ2) is 11.3. The van der Waals surface area contributed by atoms with Gasteiger partial charge in [0.25, 0.3) is 0 Å². The van der Waals surface area contributed by atoms with Crippen LogP contribution >= 0.6 is 11.8 Å². The van der Waals surface area contributed by atoms with Crippen molar-refractivity contribution in [3.8, 4) is 11.5 Å². The Morgan fingerprint density at radius 3 is 2.29 bits per heavy atom. The molecule has 2 aromatic rings. The maximum absolute atomic E-state index is 13.9. The van der Waals surface area contributed by atoms with E-state index in [0.717, 1.165) is 53.1 Å². The molecule has 0 amide bonds. The van der Waals surface area contributed by atoms with Crippen LogP contribution in [0.4, 0.5) is 0 Å². The van der Waals surface area contributed by atoms with E-state index in [0.29, 0.717) is 35.5 Å². The van der Waals surface area contributed by atoms with Gasteiger partial charge in [0.15, 0.2) is 17.3 Å². The third-order valence-corrected chi connectivity index (χ3v) is 8.70. The van der Waals surface area contributed by atoms with Crippen molar-refractivity contribution in [2.45, 2.75) is 68.3 Å². The van der Waals surface area contributed by atoms with Crippen LogP contribution in [0.5, 0.6) is 11.5 Å². The first kappa shape index (κ1) is 26.4. The van der Waals surface area contributed by atoms with E-state index < -0.39 is 5.92 Å². The van der Waals surface area contributed by atoms with E-state index in [1.165, 1.54) is 0 Å². The number of hydrogen-bond donors (Lipinski definition) is 1. The molecule has 2 atom stereocenters. The standard InChI is InChI=1S/C31H35NO5S/c1-18-28(31(34)37-22-7-5-6-8-22)29(19-9-12-23(38-4)13-10-19)30-24(32-18)15-21(16-25(30)33)20-11-14-26(35-2)27(17-20)36-3/h9-14,17,21-22,29,32H,5-8,15-16H2,1-4H3/t21-,29-/m0/s1. The number of nitrogens with one attached hydrogen (secondary N) is 1. The van der Waals surface area contributed by atoms with Crippen molar-refractivity contribution in [2.24, 2.45) is 0 Å². The first-order valence-electron chi connectivity index (χ1n) is 13.2. The minimum absolute atomic E-state index is 0.00661. The summed E-state index contributed by atoms with van der Waals surface area (Å²) in [5.41, 5.74) is 4.83. The van der Waals surface area contributed by atoms with Gasteiger partial charge in [-0.1, -0.05) is 18.2 Å². The number of esters is 1. The Morgan fingerprint density at radius 1 is 0.947 bits per heavy atom. The molecule has 38 heavy (non-hydrogen) atoms. The van der Waals surface area contributed by atoms with Gasteiger partial charge in [-0.3, -0.25) is 4.79 Å². The number of methoxy groups -OCH3 is 2. The summed E-state index contributed by atoms with van der Waals surface area (Å²) in [7, 11) is 3.23. The van der Waals surface area contributed by atoms with Gasteiger partial charge < -0.3 is 19.5 Å². The van der Waals surface area contributed by atoms with Gasteiger partial charge in [0.05, 0.1) is 19.8 Å². The fourth-order valence-corrected chi connectivity index (χ4v) is 6.41. The SMILES string of the molecule is COc1ccc([C@@H]2CC(=O)C3=C(C2)NC(C)=C(C(=O)OC2CCCC2)[C@@H]3c2ccc(SC)cc2)cc1OC. The Kier molecular flexibility index (Phi) is 7.84. The van der Waals surface area contributed by atoms with Gasteiger partial charge in [-0.15, -0.1) is 11.8 Å². The Morgan fingerprint density at radius 2 is 1.63 bits per heavy atom. The lowest BCUT2D eigenvalue weighted by Gasteiger charge is -2.37. The third kappa shape index (κ3) is 5.08. The van der Waals surface area contributed by atoms with E-state index in [1.54, 1.807) is 26.0 Å². The molecule has 1 fully saturated rings. The highest BCUT2D eigenvalue weighted by Crippen LogP contribution is 2.47. The average Bonchev–Trinajstić information content (AvgIpc) is 3.44. The molecular formula is C31H35NO5S. The number of hydrogen-bond acceptors (Lipinski definition) is 7. The number of rotatable bonds is 7. The van der Waals surface area contributed by atoms with E-state index in [2.05, 4.69) is 17.4 Å². The fourth-order valence-electron chi connectivity index (χ4n) is 6.00. The first-order valence-corrected chi connectivity index (χ1v) is 14.5.